The first-order valence-electron chi connectivity index (χ1n) is 7.65. The van der Waals surface area contributed by atoms with E-state index in [0.29, 0.717) is 12.1 Å². The molecule has 104 valence electrons. The normalized spacial score (nSPS) is 23.5. The van der Waals surface area contributed by atoms with Gasteiger partial charge in [-0.25, -0.2) is 9.97 Å². The van der Waals surface area contributed by atoms with Crippen molar-refractivity contribution in [2.45, 2.75) is 64.5 Å². The van der Waals surface area contributed by atoms with E-state index in [0.717, 1.165) is 24.0 Å². The number of aromatic nitrogens is 2. The molecule has 1 unspecified atom stereocenters. The molecule has 0 amide bonds. The summed E-state index contributed by atoms with van der Waals surface area (Å²) in [4.78, 5) is 11.7. The summed E-state index contributed by atoms with van der Waals surface area (Å²) in [7, 11) is 0. The monoisotopic (exact) mass is 260 g/mol. The summed E-state index contributed by atoms with van der Waals surface area (Å²) < 4.78 is 0. The molecule has 0 spiro atoms. The quantitative estimate of drug-likeness (QED) is 0.903. The fraction of sp³-hybridized carbons (Fsp3) is 0.733. The minimum Gasteiger partial charge on any atom is -0.367 e. The van der Waals surface area contributed by atoms with E-state index in [4.69, 9.17) is 0 Å². The van der Waals surface area contributed by atoms with Gasteiger partial charge in [0.1, 0.15) is 17.5 Å². The van der Waals surface area contributed by atoms with E-state index < -0.39 is 0 Å². The first-order valence-corrected chi connectivity index (χ1v) is 7.65. The summed E-state index contributed by atoms with van der Waals surface area (Å²) >= 11 is 0. The van der Waals surface area contributed by atoms with Crippen molar-refractivity contribution in [3.8, 4) is 0 Å². The molecule has 0 radical (unpaired) electrons. The van der Waals surface area contributed by atoms with Crippen molar-refractivity contribution in [1.29, 1.82) is 0 Å². The lowest BCUT2D eigenvalue weighted by Gasteiger charge is -2.36. The van der Waals surface area contributed by atoms with Gasteiger partial charge in [-0.3, -0.25) is 0 Å². The van der Waals surface area contributed by atoms with Gasteiger partial charge in [-0.1, -0.05) is 6.92 Å². The van der Waals surface area contributed by atoms with E-state index in [1.807, 2.05) is 6.92 Å². The Morgan fingerprint density at radius 2 is 2.11 bits per heavy atom. The lowest BCUT2D eigenvalue weighted by atomic mass is 10.00. The Balaban J connectivity index is 1.83. The van der Waals surface area contributed by atoms with Crippen molar-refractivity contribution in [1.82, 2.24) is 9.97 Å². The summed E-state index contributed by atoms with van der Waals surface area (Å²) in [6, 6.07) is 3.43. The molecule has 2 heterocycles. The molecule has 1 aliphatic carbocycles. The number of anilines is 2. The molecule has 0 bridgehead atoms. The van der Waals surface area contributed by atoms with Gasteiger partial charge >= 0.3 is 0 Å². The zero-order valence-corrected chi connectivity index (χ0v) is 12.0. The van der Waals surface area contributed by atoms with Crippen LogP contribution in [0.4, 0.5) is 11.6 Å². The van der Waals surface area contributed by atoms with E-state index in [9.17, 15) is 0 Å². The van der Waals surface area contributed by atoms with Crippen molar-refractivity contribution in [3.63, 3.8) is 0 Å². The maximum absolute atomic E-state index is 4.66. The van der Waals surface area contributed by atoms with Gasteiger partial charge in [-0.05, 0) is 45.4 Å². The third-order valence-electron chi connectivity index (χ3n) is 4.15. The second-order valence-electron chi connectivity index (χ2n) is 5.83. The topological polar surface area (TPSA) is 41.0 Å². The lowest BCUT2D eigenvalue weighted by molar-refractivity contribution is 0.446. The molecule has 1 N–H and O–H groups in total. The minimum atomic E-state index is 0.644. The standard InChI is InChI=1S/C15H24N4/c1-3-13-6-4-5-9-19(13)15-10-14(16-11(2)17-15)18-12-7-8-12/h10,12-13H,3-9H2,1-2H3,(H,16,17,18). The summed E-state index contributed by atoms with van der Waals surface area (Å²) in [5.74, 6) is 2.99. The number of rotatable bonds is 4. The molecule has 1 aromatic heterocycles. The van der Waals surface area contributed by atoms with Gasteiger partial charge in [0.2, 0.25) is 0 Å². The highest BCUT2D eigenvalue weighted by molar-refractivity contribution is 5.51. The van der Waals surface area contributed by atoms with Crippen LogP contribution in [0.1, 0.15) is 51.3 Å². The highest BCUT2D eigenvalue weighted by Crippen LogP contribution is 2.28. The number of nitrogens with one attached hydrogen (secondary N) is 1. The van der Waals surface area contributed by atoms with Gasteiger partial charge in [0.25, 0.3) is 0 Å². The SMILES string of the molecule is CCC1CCCCN1c1cc(NC2CC2)nc(C)n1. The van der Waals surface area contributed by atoms with Crippen LogP contribution in [-0.2, 0) is 0 Å². The highest BCUT2D eigenvalue weighted by atomic mass is 15.2. The van der Waals surface area contributed by atoms with Crippen molar-refractivity contribution >= 4 is 11.6 Å². The molecule has 4 heteroatoms. The molecular formula is C15H24N4. The molecule has 1 saturated carbocycles. The molecule has 1 atom stereocenters. The van der Waals surface area contributed by atoms with Crippen LogP contribution in [0.3, 0.4) is 0 Å². The fourth-order valence-corrected chi connectivity index (χ4v) is 2.94. The van der Waals surface area contributed by atoms with Crippen LogP contribution in [0.25, 0.3) is 0 Å². The van der Waals surface area contributed by atoms with Gasteiger partial charge in [-0.15, -0.1) is 0 Å². The number of hydrogen-bond donors (Lipinski definition) is 1. The minimum absolute atomic E-state index is 0.644. The Kier molecular flexibility index (Phi) is 3.58. The van der Waals surface area contributed by atoms with Crippen LogP contribution >= 0.6 is 0 Å². The van der Waals surface area contributed by atoms with Crippen LogP contribution in [-0.4, -0.2) is 28.6 Å². The maximum atomic E-state index is 4.66. The Labute approximate surface area is 115 Å². The molecule has 0 aromatic carbocycles. The second-order valence-corrected chi connectivity index (χ2v) is 5.83. The predicted molar refractivity (Wildman–Crippen MR) is 78.7 cm³/mol. The van der Waals surface area contributed by atoms with Crippen LogP contribution < -0.4 is 10.2 Å². The van der Waals surface area contributed by atoms with E-state index in [2.05, 4.69) is 33.2 Å². The Bertz CT molecular complexity index is 442. The molecule has 2 aliphatic rings. The number of hydrogen-bond acceptors (Lipinski definition) is 4. The van der Waals surface area contributed by atoms with Gasteiger partial charge in [0.15, 0.2) is 0 Å². The molecule has 4 nitrogen and oxygen atoms in total. The van der Waals surface area contributed by atoms with E-state index in [-0.39, 0.29) is 0 Å². The molecular weight excluding hydrogens is 236 g/mol. The third kappa shape index (κ3) is 2.99. The molecule has 1 saturated heterocycles. The molecule has 2 fully saturated rings. The average molecular weight is 260 g/mol. The summed E-state index contributed by atoms with van der Waals surface area (Å²) in [6.45, 7) is 5.41. The summed E-state index contributed by atoms with van der Waals surface area (Å²) in [5, 5.41) is 3.49. The largest absolute Gasteiger partial charge is 0.367 e. The van der Waals surface area contributed by atoms with Gasteiger partial charge in [0.05, 0.1) is 0 Å². The molecule has 1 aromatic rings. The van der Waals surface area contributed by atoms with Crippen LogP contribution in [0.2, 0.25) is 0 Å². The number of aryl methyl sites for hydroxylation is 1. The van der Waals surface area contributed by atoms with E-state index in [1.165, 1.54) is 38.5 Å². The van der Waals surface area contributed by atoms with E-state index >= 15 is 0 Å². The third-order valence-corrected chi connectivity index (χ3v) is 4.15. The second kappa shape index (κ2) is 5.35. The zero-order valence-electron chi connectivity index (χ0n) is 12.0. The van der Waals surface area contributed by atoms with Gasteiger partial charge < -0.3 is 10.2 Å². The summed E-state index contributed by atoms with van der Waals surface area (Å²) in [6.07, 6.45) is 7.69. The smallest absolute Gasteiger partial charge is 0.134 e. The predicted octanol–water partition coefficient (Wildman–Crippen LogP) is 3.13. The van der Waals surface area contributed by atoms with Crippen molar-refractivity contribution in [2.75, 3.05) is 16.8 Å². The average Bonchev–Trinajstić information content (AvgIpc) is 3.22. The van der Waals surface area contributed by atoms with Gasteiger partial charge in [-0.2, -0.15) is 0 Å². The van der Waals surface area contributed by atoms with E-state index in [1.54, 1.807) is 0 Å². The maximum Gasteiger partial charge on any atom is 0.134 e. The Morgan fingerprint density at radius 3 is 2.84 bits per heavy atom. The Morgan fingerprint density at radius 1 is 1.26 bits per heavy atom. The molecule has 1 aliphatic heterocycles. The van der Waals surface area contributed by atoms with Crippen molar-refractivity contribution in [2.24, 2.45) is 0 Å². The van der Waals surface area contributed by atoms with Crippen LogP contribution in [0.15, 0.2) is 6.07 Å². The Hall–Kier alpha value is -1.32. The van der Waals surface area contributed by atoms with Crippen molar-refractivity contribution in [3.05, 3.63) is 11.9 Å². The van der Waals surface area contributed by atoms with Crippen LogP contribution in [0.5, 0.6) is 0 Å². The fourth-order valence-electron chi connectivity index (χ4n) is 2.94. The van der Waals surface area contributed by atoms with Gasteiger partial charge in [0, 0.05) is 24.7 Å². The molecule has 3 rings (SSSR count). The van der Waals surface area contributed by atoms with Crippen molar-refractivity contribution < 1.29 is 0 Å². The lowest BCUT2D eigenvalue weighted by Crippen LogP contribution is -2.39. The summed E-state index contributed by atoms with van der Waals surface area (Å²) in [5.41, 5.74) is 0. The first-order chi connectivity index (χ1) is 9.26. The number of nitrogens with zero attached hydrogens (tertiary/aromatic N) is 3. The first kappa shape index (κ1) is 12.7. The number of piperidine rings is 1. The molecule has 19 heavy (non-hydrogen) atoms. The van der Waals surface area contributed by atoms with Crippen LogP contribution in [0, 0.1) is 6.92 Å². The zero-order chi connectivity index (χ0) is 13.2. The highest BCUT2D eigenvalue weighted by Gasteiger charge is 2.25.